The molecule has 0 aliphatic carbocycles. The zero-order valence-electron chi connectivity index (χ0n) is 14.5. The highest BCUT2D eigenvalue weighted by molar-refractivity contribution is 8.14. The van der Waals surface area contributed by atoms with Crippen molar-refractivity contribution in [2.24, 2.45) is 4.99 Å². The second kappa shape index (κ2) is 8.30. The van der Waals surface area contributed by atoms with Crippen LogP contribution in [0.1, 0.15) is 24.5 Å². The van der Waals surface area contributed by atoms with Crippen molar-refractivity contribution in [3.05, 3.63) is 69.3 Å². The van der Waals surface area contributed by atoms with Gasteiger partial charge in [-0.1, -0.05) is 71.7 Å². The molecule has 1 aliphatic rings. The van der Waals surface area contributed by atoms with Gasteiger partial charge in [-0.3, -0.25) is 9.69 Å². The van der Waals surface area contributed by atoms with Gasteiger partial charge in [0, 0.05) is 5.75 Å². The van der Waals surface area contributed by atoms with Crippen molar-refractivity contribution in [3.8, 4) is 0 Å². The zero-order chi connectivity index (χ0) is 18.7. The number of aliphatic imine (C=N–C) groups is 1. The number of amidine groups is 1. The van der Waals surface area contributed by atoms with E-state index >= 15 is 0 Å². The Bertz CT molecular complexity index is 891. The number of carbonyl (C=O) groups excluding carboxylic acids is 1. The van der Waals surface area contributed by atoms with Gasteiger partial charge in [-0.05, 0) is 43.2 Å². The van der Waals surface area contributed by atoms with E-state index in [1.54, 1.807) is 34.9 Å². The fourth-order valence-electron chi connectivity index (χ4n) is 2.49. The van der Waals surface area contributed by atoms with Gasteiger partial charge < -0.3 is 0 Å². The van der Waals surface area contributed by atoms with Gasteiger partial charge in [0.1, 0.15) is 5.70 Å². The molecule has 1 amide bonds. The maximum Gasteiger partial charge on any atom is 0.283 e. The molecule has 0 saturated heterocycles. The van der Waals surface area contributed by atoms with E-state index in [0.29, 0.717) is 26.5 Å². The fraction of sp³-hybridized carbons (Fsp3) is 0.200. The molecule has 2 aromatic rings. The molecule has 0 radical (unpaired) electrons. The lowest BCUT2D eigenvalue weighted by Crippen LogP contribution is -2.30. The lowest BCUT2D eigenvalue weighted by atomic mass is 10.2. The molecule has 0 atom stereocenters. The van der Waals surface area contributed by atoms with E-state index in [-0.39, 0.29) is 5.91 Å². The summed E-state index contributed by atoms with van der Waals surface area (Å²) in [6.07, 6.45) is 2.69. The Hall–Kier alpha value is -1.75. The van der Waals surface area contributed by atoms with E-state index in [1.807, 2.05) is 37.3 Å². The van der Waals surface area contributed by atoms with Crippen LogP contribution in [-0.2, 0) is 4.79 Å². The summed E-state index contributed by atoms with van der Waals surface area (Å²) in [6, 6.07) is 13.2. The van der Waals surface area contributed by atoms with Gasteiger partial charge in [-0.15, -0.1) is 0 Å². The minimum absolute atomic E-state index is 0.163. The van der Waals surface area contributed by atoms with E-state index in [1.165, 1.54) is 0 Å². The van der Waals surface area contributed by atoms with Gasteiger partial charge in [-0.2, -0.15) is 0 Å². The maximum atomic E-state index is 13.0. The number of hydrogen-bond donors (Lipinski definition) is 0. The second-order valence-corrected chi connectivity index (χ2v) is 7.74. The third-order valence-electron chi connectivity index (χ3n) is 3.83. The molecule has 0 saturated carbocycles. The van der Waals surface area contributed by atoms with Crippen molar-refractivity contribution in [2.75, 3.05) is 10.7 Å². The highest BCUT2D eigenvalue weighted by Gasteiger charge is 2.31. The molecule has 1 aliphatic heterocycles. The van der Waals surface area contributed by atoms with E-state index in [4.69, 9.17) is 23.2 Å². The van der Waals surface area contributed by atoms with Crippen molar-refractivity contribution < 1.29 is 4.79 Å². The van der Waals surface area contributed by atoms with Crippen LogP contribution in [0.25, 0.3) is 6.08 Å². The van der Waals surface area contributed by atoms with E-state index in [0.717, 1.165) is 23.4 Å². The van der Waals surface area contributed by atoms with Crippen LogP contribution in [0.3, 0.4) is 0 Å². The zero-order valence-corrected chi connectivity index (χ0v) is 16.8. The van der Waals surface area contributed by atoms with Crippen LogP contribution in [0.5, 0.6) is 0 Å². The average Bonchev–Trinajstić information content (AvgIpc) is 2.93. The SMILES string of the molecule is CCCSC1=NC(=Cc2cccc(Cl)c2Cl)C(=O)N1c1ccc(C)cc1. The second-order valence-electron chi connectivity index (χ2n) is 5.89. The minimum Gasteiger partial charge on any atom is -0.266 e. The number of anilines is 1. The van der Waals surface area contributed by atoms with Gasteiger partial charge in [0.15, 0.2) is 5.17 Å². The van der Waals surface area contributed by atoms with Crippen molar-refractivity contribution >= 4 is 57.8 Å². The molecule has 0 N–H and O–H groups in total. The largest absolute Gasteiger partial charge is 0.283 e. The molecule has 0 aromatic heterocycles. The van der Waals surface area contributed by atoms with Gasteiger partial charge in [0.25, 0.3) is 5.91 Å². The molecule has 0 bridgehead atoms. The molecular formula is C20H18Cl2N2OS. The summed E-state index contributed by atoms with van der Waals surface area (Å²) in [5.41, 5.74) is 2.98. The monoisotopic (exact) mass is 404 g/mol. The quantitative estimate of drug-likeness (QED) is 0.569. The Morgan fingerprint density at radius 1 is 1.15 bits per heavy atom. The molecule has 3 nitrogen and oxygen atoms in total. The lowest BCUT2D eigenvalue weighted by molar-refractivity contribution is -0.113. The number of thioether (sulfide) groups is 1. The fourth-order valence-corrected chi connectivity index (χ4v) is 3.72. The van der Waals surface area contributed by atoms with Crippen molar-refractivity contribution in [3.63, 3.8) is 0 Å². The summed E-state index contributed by atoms with van der Waals surface area (Å²) >= 11 is 13.9. The third-order valence-corrected chi connectivity index (χ3v) is 5.81. The van der Waals surface area contributed by atoms with Crippen LogP contribution < -0.4 is 4.90 Å². The number of carbonyl (C=O) groups is 1. The average molecular weight is 405 g/mol. The Labute approximate surface area is 167 Å². The molecule has 2 aromatic carbocycles. The van der Waals surface area contributed by atoms with Gasteiger partial charge in [0.05, 0.1) is 15.7 Å². The number of amides is 1. The van der Waals surface area contributed by atoms with Crippen LogP contribution in [0.15, 0.2) is 53.2 Å². The minimum atomic E-state index is -0.163. The number of nitrogens with zero attached hydrogens (tertiary/aromatic N) is 2. The van der Waals surface area contributed by atoms with Crippen LogP contribution >= 0.6 is 35.0 Å². The smallest absolute Gasteiger partial charge is 0.266 e. The highest BCUT2D eigenvalue weighted by atomic mass is 35.5. The Balaban J connectivity index is 2.01. The van der Waals surface area contributed by atoms with Gasteiger partial charge in [0.2, 0.25) is 0 Å². The normalized spacial score (nSPS) is 15.7. The molecule has 134 valence electrons. The first-order chi connectivity index (χ1) is 12.5. The molecular weight excluding hydrogens is 387 g/mol. The molecule has 26 heavy (non-hydrogen) atoms. The number of benzene rings is 2. The third kappa shape index (κ3) is 3.98. The molecule has 0 fully saturated rings. The summed E-state index contributed by atoms with van der Waals surface area (Å²) < 4.78 is 0. The first kappa shape index (κ1) is 19.0. The molecule has 6 heteroatoms. The Morgan fingerprint density at radius 2 is 1.88 bits per heavy atom. The lowest BCUT2D eigenvalue weighted by Gasteiger charge is -2.17. The summed E-state index contributed by atoms with van der Waals surface area (Å²) in [7, 11) is 0. The summed E-state index contributed by atoms with van der Waals surface area (Å²) in [4.78, 5) is 19.2. The Kier molecular flexibility index (Phi) is 6.07. The van der Waals surface area contributed by atoms with Crippen molar-refractivity contribution in [1.29, 1.82) is 0 Å². The molecule has 0 unspecified atom stereocenters. The van der Waals surface area contributed by atoms with Crippen LogP contribution in [0.2, 0.25) is 10.0 Å². The van der Waals surface area contributed by atoms with Crippen LogP contribution in [0, 0.1) is 6.92 Å². The first-order valence-electron chi connectivity index (χ1n) is 8.29. The summed E-state index contributed by atoms with van der Waals surface area (Å²) in [5, 5.41) is 1.55. The predicted molar refractivity (Wildman–Crippen MR) is 113 cm³/mol. The molecule has 3 rings (SSSR count). The number of hydrogen-bond acceptors (Lipinski definition) is 3. The van der Waals surface area contributed by atoms with Crippen molar-refractivity contribution in [1.82, 2.24) is 0 Å². The van der Waals surface area contributed by atoms with Crippen LogP contribution in [0.4, 0.5) is 5.69 Å². The number of aryl methyl sites for hydroxylation is 1. The standard InChI is InChI=1S/C20H18Cl2N2OS/c1-3-11-26-20-23-17(12-14-5-4-6-16(21)18(14)22)19(25)24(20)15-9-7-13(2)8-10-15/h4-10,12H,3,11H2,1-2H3. The number of rotatable bonds is 4. The van der Waals surface area contributed by atoms with E-state index in [2.05, 4.69) is 11.9 Å². The van der Waals surface area contributed by atoms with Crippen LogP contribution in [-0.4, -0.2) is 16.8 Å². The number of halogens is 2. The van der Waals surface area contributed by atoms with Gasteiger partial charge in [-0.25, -0.2) is 4.99 Å². The van der Waals surface area contributed by atoms with E-state index < -0.39 is 0 Å². The summed E-state index contributed by atoms with van der Waals surface area (Å²) in [5.74, 6) is 0.725. The topological polar surface area (TPSA) is 32.7 Å². The predicted octanol–water partition coefficient (Wildman–Crippen LogP) is 6.19. The van der Waals surface area contributed by atoms with E-state index in [9.17, 15) is 4.79 Å². The van der Waals surface area contributed by atoms with Gasteiger partial charge >= 0.3 is 0 Å². The summed E-state index contributed by atoms with van der Waals surface area (Å²) in [6.45, 7) is 4.12. The highest BCUT2D eigenvalue weighted by Crippen LogP contribution is 2.32. The maximum absolute atomic E-state index is 13.0. The Morgan fingerprint density at radius 3 is 2.58 bits per heavy atom. The van der Waals surface area contributed by atoms with Crippen molar-refractivity contribution in [2.45, 2.75) is 20.3 Å². The molecule has 0 spiro atoms. The molecule has 1 heterocycles. The first-order valence-corrected chi connectivity index (χ1v) is 10.0.